The largest absolute Gasteiger partial charge is 0.321 e. The van der Waals surface area contributed by atoms with Crippen molar-refractivity contribution < 1.29 is 0 Å². The van der Waals surface area contributed by atoms with Gasteiger partial charge in [0.25, 0.3) is 0 Å². The summed E-state index contributed by atoms with van der Waals surface area (Å²) in [7, 11) is 0. The molecule has 0 aliphatic carbocycles. The van der Waals surface area contributed by atoms with E-state index in [1.165, 1.54) is 5.56 Å². The second-order valence-corrected chi connectivity index (χ2v) is 4.22. The highest BCUT2D eigenvalue weighted by Crippen LogP contribution is 2.15. The molecule has 0 saturated heterocycles. The number of hydrogen-bond acceptors (Lipinski definition) is 3. The predicted molar refractivity (Wildman–Crippen MR) is 70.9 cm³/mol. The molecule has 17 heavy (non-hydrogen) atoms. The highest BCUT2D eigenvalue weighted by atomic mass is 35.5. The van der Waals surface area contributed by atoms with E-state index in [4.69, 9.17) is 11.6 Å². The molecule has 0 aliphatic rings. The minimum atomic E-state index is 0.192. The van der Waals surface area contributed by atoms with Gasteiger partial charge in [-0.05, 0) is 42.8 Å². The van der Waals surface area contributed by atoms with Crippen LogP contribution in [0.25, 0.3) is 0 Å². The van der Waals surface area contributed by atoms with Crippen LogP contribution in [-0.2, 0) is 0 Å². The number of nitrogens with one attached hydrogen (secondary N) is 2. The molecule has 0 radical (unpaired) electrons. The van der Waals surface area contributed by atoms with Gasteiger partial charge in [0, 0.05) is 23.5 Å². The number of hydrazine groups is 1. The SMILES string of the molecule is CC(NNc1cccc(Cl)c1)c1ccncc1. The highest BCUT2D eigenvalue weighted by molar-refractivity contribution is 6.30. The molecule has 1 atom stereocenters. The Morgan fingerprint density at radius 3 is 2.65 bits per heavy atom. The van der Waals surface area contributed by atoms with Crippen molar-refractivity contribution in [2.45, 2.75) is 13.0 Å². The number of pyridine rings is 1. The summed E-state index contributed by atoms with van der Waals surface area (Å²) in [5, 5.41) is 0.716. The van der Waals surface area contributed by atoms with Gasteiger partial charge in [-0.25, -0.2) is 5.43 Å². The molecule has 1 unspecified atom stereocenters. The summed E-state index contributed by atoms with van der Waals surface area (Å²) < 4.78 is 0. The van der Waals surface area contributed by atoms with E-state index in [-0.39, 0.29) is 6.04 Å². The van der Waals surface area contributed by atoms with Crippen LogP contribution in [0.2, 0.25) is 5.02 Å². The van der Waals surface area contributed by atoms with Crippen molar-refractivity contribution in [1.82, 2.24) is 10.4 Å². The van der Waals surface area contributed by atoms with Gasteiger partial charge in [0.2, 0.25) is 0 Å². The number of benzene rings is 1. The molecule has 1 heterocycles. The molecule has 2 N–H and O–H groups in total. The summed E-state index contributed by atoms with van der Waals surface area (Å²) in [5.41, 5.74) is 8.45. The smallest absolute Gasteiger partial charge is 0.0502 e. The van der Waals surface area contributed by atoms with Gasteiger partial charge in [0.05, 0.1) is 5.69 Å². The molecule has 88 valence electrons. The molecule has 1 aromatic carbocycles. The Kier molecular flexibility index (Phi) is 3.96. The van der Waals surface area contributed by atoms with E-state index in [2.05, 4.69) is 22.8 Å². The summed E-state index contributed by atoms with van der Waals surface area (Å²) in [6.45, 7) is 2.08. The Bertz CT molecular complexity index is 473. The first-order valence-electron chi connectivity index (χ1n) is 5.43. The third kappa shape index (κ3) is 3.44. The molecule has 4 heteroatoms. The van der Waals surface area contributed by atoms with Gasteiger partial charge in [0.15, 0.2) is 0 Å². The fourth-order valence-electron chi connectivity index (χ4n) is 1.49. The van der Waals surface area contributed by atoms with Gasteiger partial charge in [-0.1, -0.05) is 17.7 Å². The van der Waals surface area contributed by atoms with Crippen molar-refractivity contribution in [2.24, 2.45) is 0 Å². The van der Waals surface area contributed by atoms with Crippen LogP contribution in [0.15, 0.2) is 48.8 Å². The first kappa shape index (κ1) is 11.9. The Hall–Kier alpha value is -1.58. The van der Waals surface area contributed by atoms with Crippen LogP contribution in [0.3, 0.4) is 0 Å². The average molecular weight is 248 g/mol. The molecular weight excluding hydrogens is 234 g/mol. The summed E-state index contributed by atoms with van der Waals surface area (Å²) >= 11 is 5.90. The lowest BCUT2D eigenvalue weighted by Crippen LogP contribution is -2.25. The van der Waals surface area contributed by atoms with Gasteiger partial charge >= 0.3 is 0 Å². The molecular formula is C13H14ClN3. The maximum atomic E-state index is 5.90. The zero-order chi connectivity index (χ0) is 12.1. The zero-order valence-corrected chi connectivity index (χ0v) is 10.3. The Labute approximate surface area is 106 Å². The lowest BCUT2D eigenvalue weighted by molar-refractivity contribution is 0.643. The summed E-state index contributed by atoms with van der Waals surface area (Å²) in [4.78, 5) is 3.99. The van der Waals surface area contributed by atoms with Crippen molar-refractivity contribution in [3.05, 3.63) is 59.4 Å². The second-order valence-electron chi connectivity index (χ2n) is 3.78. The number of aromatic nitrogens is 1. The number of halogens is 1. The van der Waals surface area contributed by atoms with E-state index in [0.29, 0.717) is 5.02 Å². The Morgan fingerprint density at radius 1 is 1.18 bits per heavy atom. The zero-order valence-electron chi connectivity index (χ0n) is 9.52. The van der Waals surface area contributed by atoms with Crippen molar-refractivity contribution in [3.8, 4) is 0 Å². The van der Waals surface area contributed by atoms with Crippen molar-refractivity contribution >= 4 is 17.3 Å². The first-order chi connectivity index (χ1) is 8.25. The lowest BCUT2D eigenvalue weighted by Gasteiger charge is -2.15. The van der Waals surface area contributed by atoms with Crippen LogP contribution in [-0.4, -0.2) is 4.98 Å². The molecule has 0 spiro atoms. The third-order valence-electron chi connectivity index (χ3n) is 2.46. The molecule has 1 aromatic heterocycles. The minimum absolute atomic E-state index is 0.192. The summed E-state index contributed by atoms with van der Waals surface area (Å²) in [6, 6.07) is 11.7. The quantitative estimate of drug-likeness (QED) is 0.813. The van der Waals surface area contributed by atoms with Gasteiger partial charge in [0.1, 0.15) is 0 Å². The van der Waals surface area contributed by atoms with Gasteiger partial charge in [-0.15, -0.1) is 0 Å². The molecule has 2 aromatic rings. The minimum Gasteiger partial charge on any atom is -0.321 e. The van der Waals surface area contributed by atoms with Crippen LogP contribution < -0.4 is 10.9 Å². The van der Waals surface area contributed by atoms with Crippen LogP contribution >= 0.6 is 11.6 Å². The normalized spacial score (nSPS) is 12.1. The maximum absolute atomic E-state index is 5.90. The number of anilines is 1. The molecule has 0 fully saturated rings. The van der Waals surface area contributed by atoms with Gasteiger partial charge < -0.3 is 5.43 Å². The third-order valence-corrected chi connectivity index (χ3v) is 2.70. The molecule has 0 bridgehead atoms. The predicted octanol–water partition coefficient (Wildman–Crippen LogP) is 3.41. The standard InChI is InChI=1S/C13H14ClN3/c1-10(11-5-7-15-8-6-11)16-17-13-4-2-3-12(14)9-13/h2-10,16-17H,1H3. The van der Waals surface area contributed by atoms with E-state index in [1.807, 2.05) is 36.4 Å². The van der Waals surface area contributed by atoms with E-state index in [0.717, 1.165) is 5.69 Å². The van der Waals surface area contributed by atoms with Crippen LogP contribution in [0.4, 0.5) is 5.69 Å². The fourth-order valence-corrected chi connectivity index (χ4v) is 1.68. The Morgan fingerprint density at radius 2 is 1.94 bits per heavy atom. The van der Waals surface area contributed by atoms with E-state index in [1.54, 1.807) is 12.4 Å². The fraction of sp³-hybridized carbons (Fsp3) is 0.154. The molecule has 0 amide bonds. The monoisotopic (exact) mass is 247 g/mol. The van der Waals surface area contributed by atoms with Gasteiger partial charge in [-0.3, -0.25) is 4.98 Å². The number of nitrogens with zero attached hydrogens (tertiary/aromatic N) is 1. The van der Waals surface area contributed by atoms with E-state index < -0.39 is 0 Å². The van der Waals surface area contributed by atoms with Crippen LogP contribution in [0, 0.1) is 0 Å². The number of rotatable bonds is 4. The van der Waals surface area contributed by atoms with E-state index >= 15 is 0 Å². The summed E-state index contributed by atoms with van der Waals surface area (Å²) in [6.07, 6.45) is 3.57. The van der Waals surface area contributed by atoms with Gasteiger partial charge in [-0.2, -0.15) is 0 Å². The van der Waals surface area contributed by atoms with Crippen LogP contribution in [0.1, 0.15) is 18.5 Å². The van der Waals surface area contributed by atoms with E-state index in [9.17, 15) is 0 Å². The molecule has 3 nitrogen and oxygen atoms in total. The van der Waals surface area contributed by atoms with Crippen molar-refractivity contribution in [2.75, 3.05) is 5.43 Å². The van der Waals surface area contributed by atoms with Crippen molar-refractivity contribution in [3.63, 3.8) is 0 Å². The first-order valence-corrected chi connectivity index (χ1v) is 5.80. The second kappa shape index (κ2) is 5.66. The average Bonchev–Trinajstić information content (AvgIpc) is 2.37. The van der Waals surface area contributed by atoms with Crippen molar-refractivity contribution in [1.29, 1.82) is 0 Å². The summed E-state index contributed by atoms with van der Waals surface area (Å²) in [5.74, 6) is 0. The van der Waals surface area contributed by atoms with Crippen LogP contribution in [0.5, 0.6) is 0 Å². The molecule has 0 saturated carbocycles. The molecule has 2 rings (SSSR count). The number of hydrogen-bond donors (Lipinski definition) is 2. The highest BCUT2D eigenvalue weighted by Gasteiger charge is 2.03. The molecule has 0 aliphatic heterocycles. The maximum Gasteiger partial charge on any atom is 0.0502 e. The Balaban J connectivity index is 1.95. The topological polar surface area (TPSA) is 37.0 Å². The lowest BCUT2D eigenvalue weighted by atomic mass is 10.1.